The molecule has 1 saturated heterocycles. The number of hydrogen-bond acceptors (Lipinski definition) is 5. The Balaban J connectivity index is 1.71. The van der Waals surface area contributed by atoms with Gasteiger partial charge in [-0.3, -0.25) is 4.90 Å². The molecule has 1 fully saturated rings. The molecule has 2 aliphatic rings. The van der Waals surface area contributed by atoms with Gasteiger partial charge in [0.2, 0.25) is 0 Å². The molecule has 1 N–H and O–H groups in total. The molecule has 8 heteroatoms. The lowest BCUT2D eigenvalue weighted by atomic mass is 10.00. The van der Waals surface area contributed by atoms with Crippen LogP contribution in [0.2, 0.25) is 0 Å². The van der Waals surface area contributed by atoms with Gasteiger partial charge in [-0.1, -0.05) is 39.3 Å². The Bertz CT molecular complexity index is 1270. The smallest absolute Gasteiger partial charge is 0.138 e. The standard InChI is InChI=1S/C30H45N5O2S/c1-7-10-12-24-13-14-26(38(6,36)35-17-15-33(16-18-35)19-20-37-5)21-27(24)30-31-23(4)29-28(32-30)25(11-8-2)22-34(29)9-3/h13-14,21-22H,4,6-12,15-20H2,1-3,5H3,(H,31,32). The van der Waals surface area contributed by atoms with Crippen LogP contribution in [0.4, 0.5) is 5.69 Å². The minimum Gasteiger partial charge on any atom is -0.383 e. The third-order valence-corrected chi connectivity index (χ3v) is 9.82. The predicted octanol–water partition coefficient (Wildman–Crippen LogP) is 4.71. The van der Waals surface area contributed by atoms with Gasteiger partial charge in [-0.25, -0.2) is 13.5 Å². The first-order valence-electron chi connectivity index (χ1n) is 14.1. The zero-order chi connectivity index (χ0) is 27.3. The molecule has 0 radical (unpaired) electrons. The van der Waals surface area contributed by atoms with Crippen LogP contribution in [0.15, 0.2) is 40.9 Å². The van der Waals surface area contributed by atoms with Gasteiger partial charge in [0.1, 0.15) is 5.84 Å². The number of nitrogens with zero attached hydrogens (tertiary/aromatic N) is 4. The molecule has 208 valence electrons. The monoisotopic (exact) mass is 539 g/mol. The summed E-state index contributed by atoms with van der Waals surface area (Å²) in [5.74, 6) is 5.06. The fourth-order valence-electron chi connectivity index (χ4n) is 5.39. The number of aliphatic imine (C=N–C) groups is 1. The number of nitrogens with one attached hydrogen (secondary N) is 1. The first kappa shape index (κ1) is 28.6. The van der Waals surface area contributed by atoms with E-state index in [1.165, 1.54) is 11.1 Å². The van der Waals surface area contributed by atoms with Crippen molar-refractivity contribution in [2.24, 2.45) is 4.99 Å². The molecule has 2 aromatic rings. The number of rotatable bonds is 12. The van der Waals surface area contributed by atoms with Crippen molar-refractivity contribution in [3.8, 4) is 0 Å². The van der Waals surface area contributed by atoms with Crippen molar-refractivity contribution in [2.75, 3.05) is 46.4 Å². The maximum atomic E-state index is 14.2. The van der Waals surface area contributed by atoms with Gasteiger partial charge in [0.25, 0.3) is 0 Å². The Kier molecular flexibility index (Phi) is 9.52. The molecule has 1 aromatic heterocycles. The van der Waals surface area contributed by atoms with Crippen LogP contribution in [0, 0.1) is 0 Å². The number of methoxy groups -OCH3 is 1. The van der Waals surface area contributed by atoms with Crippen LogP contribution in [0.1, 0.15) is 62.4 Å². The molecule has 0 aliphatic carbocycles. The molecular formula is C30H45N5O2S. The molecule has 0 spiro atoms. The van der Waals surface area contributed by atoms with Crippen LogP contribution in [0.5, 0.6) is 0 Å². The van der Waals surface area contributed by atoms with E-state index in [-0.39, 0.29) is 0 Å². The molecule has 2 aliphatic heterocycles. The number of ether oxygens (including phenoxy) is 1. The third-order valence-electron chi connectivity index (χ3n) is 7.63. The van der Waals surface area contributed by atoms with Crippen LogP contribution in [-0.4, -0.2) is 76.1 Å². The van der Waals surface area contributed by atoms with E-state index in [0.29, 0.717) is 6.61 Å². The number of amidine groups is 1. The number of aromatic nitrogens is 1. The van der Waals surface area contributed by atoms with E-state index >= 15 is 0 Å². The Morgan fingerprint density at radius 2 is 1.84 bits per heavy atom. The normalized spacial score (nSPS) is 18.1. The lowest BCUT2D eigenvalue weighted by Crippen LogP contribution is -2.49. The van der Waals surface area contributed by atoms with E-state index in [0.717, 1.165) is 105 Å². The van der Waals surface area contributed by atoms with E-state index in [1.54, 1.807) is 7.11 Å². The second kappa shape index (κ2) is 12.6. The summed E-state index contributed by atoms with van der Waals surface area (Å²) in [7, 11) is -0.900. The lowest BCUT2D eigenvalue weighted by Gasteiger charge is -2.36. The van der Waals surface area contributed by atoms with Crippen molar-refractivity contribution < 1.29 is 8.95 Å². The Morgan fingerprint density at radius 1 is 1.08 bits per heavy atom. The van der Waals surface area contributed by atoms with Crippen molar-refractivity contribution in [2.45, 2.75) is 64.3 Å². The Hall–Kier alpha value is -2.39. The van der Waals surface area contributed by atoms with Gasteiger partial charge in [0.05, 0.1) is 33.4 Å². The second-order valence-corrected chi connectivity index (χ2v) is 12.5. The van der Waals surface area contributed by atoms with Gasteiger partial charge < -0.3 is 14.6 Å². The fourth-order valence-corrected chi connectivity index (χ4v) is 7.03. The number of aryl methyl sites for hydroxylation is 3. The highest BCUT2D eigenvalue weighted by molar-refractivity contribution is 7.98. The summed E-state index contributed by atoms with van der Waals surface area (Å²) in [5, 5.41) is 3.51. The van der Waals surface area contributed by atoms with Crippen molar-refractivity contribution in [3.63, 3.8) is 0 Å². The SMILES string of the molecule is C=C1NC(c2cc(S(=C)(=O)N3CCN(CCOC)CC3)ccc2CCCC)=Nc2c(CCC)cn(CC)c21. The van der Waals surface area contributed by atoms with Gasteiger partial charge in [0, 0.05) is 63.0 Å². The van der Waals surface area contributed by atoms with Gasteiger partial charge in [-0.15, -0.1) is 0 Å². The number of piperazine rings is 1. The van der Waals surface area contributed by atoms with Crippen LogP contribution in [-0.2, 0) is 33.8 Å². The molecule has 7 nitrogen and oxygen atoms in total. The molecule has 0 saturated carbocycles. The summed E-state index contributed by atoms with van der Waals surface area (Å²) in [4.78, 5) is 8.29. The first-order chi connectivity index (χ1) is 18.3. The van der Waals surface area contributed by atoms with Crippen LogP contribution >= 0.6 is 0 Å². The van der Waals surface area contributed by atoms with Crippen LogP contribution < -0.4 is 5.32 Å². The third kappa shape index (κ3) is 5.93. The lowest BCUT2D eigenvalue weighted by molar-refractivity contribution is 0.124. The van der Waals surface area contributed by atoms with Crippen molar-refractivity contribution in [1.29, 1.82) is 0 Å². The maximum Gasteiger partial charge on any atom is 0.138 e. The molecule has 1 atom stereocenters. The van der Waals surface area contributed by atoms with E-state index in [9.17, 15) is 4.21 Å². The summed E-state index contributed by atoms with van der Waals surface area (Å²) < 4.78 is 23.7. The van der Waals surface area contributed by atoms with E-state index in [4.69, 9.17) is 9.73 Å². The van der Waals surface area contributed by atoms with Gasteiger partial charge in [-0.2, -0.15) is 0 Å². The van der Waals surface area contributed by atoms with E-state index in [1.807, 2.05) is 6.07 Å². The molecule has 1 unspecified atom stereocenters. The highest BCUT2D eigenvalue weighted by Gasteiger charge is 2.27. The van der Waals surface area contributed by atoms with Crippen molar-refractivity contribution in [3.05, 3.63) is 53.4 Å². The minimum atomic E-state index is -2.63. The fraction of sp³-hybridized carbons (Fsp3) is 0.533. The maximum absolute atomic E-state index is 14.2. The van der Waals surface area contributed by atoms with Gasteiger partial charge in [-0.05, 0) is 55.3 Å². The molecule has 1 aromatic carbocycles. The quantitative estimate of drug-likeness (QED) is 0.397. The molecule has 4 rings (SSSR count). The Morgan fingerprint density at radius 3 is 2.50 bits per heavy atom. The molecule has 3 heterocycles. The average Bonchev–Trinajstić information content (AvgIpc) is 3.29. The number of unbranched alkanes of at least 4 members (excludes halogenated alkanes) is 1. The predicted molar refractivity (Wildman–Crippen MR) is 161 cm³/mol. The highest BCUT2D eigenvalue weighted by Crippen LogP contribution is 2.36. The van der Waals surface area contributed by atoms with E-state index < -0.39 is 9.71 Å². The van der Waals surface area contributed by atoms with Gasteiger partial charge in [0.15, 0.2) is 0 Å². The van der Waals surface area contributed by atoms with Crippen molar-refractivity contribution >= 4 is 32.8 Å². The summed E-state index contributed by atoms with van der Waals surface area (Å²) in [6.07, 6.45) is 7.40. The number of fused-ring (bicyclic) bond motifs is 1. The number of benzene rings is 1. The van der Waals surface area contributed by atoms with Crippen LogP contribution in [0.25, 0.3) is 5.70 Å². The second-order valence-electron chi connectivity index (χ2n) is 10.3. The summed E-state index contributed by atoms with van der Waals surface area (Å²) in [5.41, 5.74) is 6.42. The Labute approximate surface area is 229 Å². The first-order valence-corrected chi connectivity index (χ1v) is 15.8. The zero-order valence-corrected chi connectivity index (χ0v) is 24.5. The average molecular weight is 540 g/mol. The van der Waals surface area contributed by atoms with Crippen LogP contribution in [0.3, 0.4) is 0 Å². The summed E-state index contributed by atoms with van der Waals surface area (Å²) >= 11 is 0. The molecular weight excluding hydrogens is 494 g/mol. The summed E-state index contributed by atoms with van der Waals surface area (Å²) in [6, 6.07) is 6.21. The summed E-state index contributed by atoms with van der Waals surface area (Å²) in [6.45, 7) is 16.6. The molecule has 0 bridgehead atoms. The van der Waals surface area contributed by atoms with Crippen molar-refractivity contribution in [1.82, 2.24) is 19.1 Å². The largest absolute Gasteiger partial charge is 0.383 e. The topological polar surface area (TPSA) is 62.1 Å². The van der Waals surface area contributed by atoms with E-state index in [2.05, 4.69) is 70.6 Å². The minimum absolute atomic E-state index is 0.714. The molecule has 38 heavy (non-hydrogen) atoms. The number of hydrogen-bond donors (Lipinski definition) is 1. The molecule has 0 amide bonds. The van der Waals surface area contributed by atoms with Gasteiger partial charge >= 0.3 is 0 Å². The highest BCUT2D eigenvalue weighted by atomic mass is 32.2. The zero-order valence-electron chi connectivity index (χ0n) is 23.7.